The van der Waals surface area contributed by atoms with Crippen LogP contribution in [0.3, 0.4) is 0 Å². The van der Waals surface area contributed by atoms with E-state index < -0.39 is 5.97 Å². The molecule has 1 N–H and O–H groups in total. The van der Waals surface area contributed by atoms with Gasteiger partial charge in [-0.1, -0.05) is 23.5 Å². The summed E-state index contributed by atoms with van der Waals surface area (Å²) in [7, 11) is 1.29. The number of nitrogens with zero attached hydrogens (tertiary/aromatic N) is 2. The molecule has 0 bridgehead atoms. The van der Waals surface area contributed by atoms with Crippen molar-refractivity contribution in [2.75, 3.05) is 12.4 Å². The van der Waals surface area contributed by atoms with Crippen molar-refractivity contribution in [3.8, 4) is 0 Å². The first-order valence-electron chi connectivity index (χ1n) is 5.97. The lowest BCUT2D eigenvalue weighted by molar-refractivity contribution is 0.0602. The number of hydrogen-bond donors (Lipinski definition) is 1. The van der Waals surface area contributed by atoms with Gasteiger partial charge in [0, 0.05) is 0 Å². The Balaban J connectivity index is 2.26. The van der Waals surface area contributed by atoms with Crippen LogP contribution in [0.1, 0.15) is 32.6 Å². The van der Waals surface area contributed by atoms with Crippen molar-refractivity contribution in [1.82, 2.24) is 9.59 Å². The number of anilines is 1. The van der Waals surface area contributed by atoms with Gasteiger partial charge in [-0.2, -0.15) is 0 Å². The third-order valence-corrected chi connectivity index (χ3v) is 3.44. The Morgan fingerprint density at radius 1 is 1.35 bits per heavy atom. The molecular formula is C13H13N3O3S. The van der Waals surface area contributed by atoms with Gasteiger partial charge in [0.2, 0.25) is 0 Å². The number of benzene rings is 1. The average Bonchev–Trinajstić information content (AvgIpc) is 2.95. The van der Waals surface area contributed by atoms with Crippen LogP contribution in [0.15, 0.2) is 24.3 Å². The molecule has 0 fully saturated rings. The average molecular weight is 291 g/mol. The van der Waals surface area contributed by atoms with E-state index in [0.717, 1.165) is 11.5 Å². The van der Waals surface area contributed by atoms with Gasteiger partial charge in [0.25, 0.3) is 5.91 Å². The van der Waals surface area contributed by atoms with E-state index in [0.29, 0.717) is 28.2 Å². The predicted molar refractivity (Wildman–Crippen MR) is 75.0 cm³/mol. The van der Waals surface area contributed by atoms with E-state index in [-0.39, 0.29) is 5.91 Å². The van der Waals surface area contributed by atoms with Gasteiger partial charge in [0.1, 0.15) is 4.88 Å². The Morgan fingerprint density at radius 2 is 2.10 bits per heavy atom. The van der Waals surface area contributed by atoms with E-state index in [1.54, 1.807) is 24.3 Å². The highest BCUT2D eigenvalue weighted by Gasteiger charge is 2.18. The molecule has 0 saturated carbocycles. The van der Waals surface area contributed by atoms with Gasteiger partial charge < -0.3 is 10.1 Å². The quantitative estimate of drug-likeness (QED) is 0.873. The van der Waals surface area contributed by atoms with Crippen molar-refractivity contribution < 1.29 is 14.3 Å². The highest BCUT2D eigenvalue weighted by atomic mass is 32.1. The van der Waals surface area contributed by atoms with Crippen molar-refractivity contribution >= 4 is 29.1 Å². The minimum absolute atomic E-state index is 0.305. The zero-order valence-electron chi connectivity index (χ0n) is 11.0. The number of ether oxygens (including phenoxy) is 1. The van der Waals surface area contributed by atoms with Gasteiger partial charge >= 0.3 is 5.97 Å². The molecule has 0 aliphatic carbocycles. The van der Waals surface area contributed by atoms with Gasteiger partial charge in [-0.3, -0.25) is 4.79 Å². The monoisotopic (exact) mass is 291 g/mol. The Hall–Kier alpha value is -2.28. The standard InChI is InChI=1S/C13H13N3O3S/c1-3-9-11(20-16-15-9)12(17)14-10-7-5-4-6-8(10)13(18)19-2/h4-7H,3H2,1-2H3,(H,14,17). The largest absolute Gasteiger partial charge is 0.465 e. The molecule has 1 amide bonds. The fourth-order valence-corrected chi connectivity index (χ4v) is 2.32. The second kappa shape index (κ2) is 6.25. The van der Waals surface area contributed by atoms with Crippen molar-refractivity contribution in [2.24, 2.45) is 0 Å². The molecule has 0 radical (unpaired) electrons. The number of para-hydroxylation sites is 1. The number of amides is 1. The predicted octanol–water partition coefficient (Wildman–Crippen LogP) is 2.14. The molecule has 6 nitrogen and oxygen atoms in total. The molecule has 1 aromatic heterocycles. The summed E-state index contributed by atoms with van der Waals surface area (Å²) in [6, 6.07) is 6.67. The zero-order chi connectivity index (χ0) is 14.5. The smallest absolute Gasteiger partial charge is 0.339 e. The van der Waals surface area contributed by atoms with Gasteiger partial charge in [-0.25, -0.2) is 4.79 Å². The number of aromatic nitrogens is 2. The van der Waals surface area contributed by atoms with E-state index in [9.17, 15) is 9.59 Å². The second-order valence-electron chi connectivity index (χ2n) is 3.89. The fraction of sp³-hybridized carbons (Fsp3) is 0.231. The maximum absolute atomic E-state index is 12.2. The molecule has 0 saturated heterocycles. The summed E-state index contributed by atoms with van der Waals surface area (Å²) in [5.74, 6) is -0.827. The van der Waals surface area contributed by atoms with E-state index in [4.69, 9.17) is 0 Å². The first-order valence-corrected chi connectivity index (χ1v) is 6.74. The molecule has 0 atom stereocenters. The molecule has 0 unspecified atom stereocenters. The van der Waals surface area contributed by atoms with Gasteiger partial charge in [0.15, 0.2) is 0 Å². The van der Waals surface area contributed by atoms with Crippen molar-refractivity contribution in [3.05, 3.63) is 40.4 Å². The number of hydrogen-bond acceptors (Lipinski definition) is 6. The van der Waals surface area contributed by atoms with Crippen LogP contribution < -0.4 is 5.32 Å². The van der Waals surface area contributed by atoms with Crippen molar-refractivity contribution in [3.63, 3.8) is 0 Å². The molecule has 104 valence electrons. The SMILES string of the molecule is CCc1nnsc1C(=O)Nc1ccccc1C(=O)OC. The Kier molecular flexibility index (Phi) is 4.41. The highest BCUT2D eigenvalue weighted by molar-refractivity contribution is 7.08. The molecule has 2 rings (SSSR count). The van der Waals surface area contributed by atoms with E-state index in [2.05, 4.69) is 19.6 Å². The van der Waals surface area contributed by atoms with E-state index in [1.165, 1.54) is 7.11 Å². The van der Waals surface area contributed by atoms with Crippen LogP contribution in [0.25, 0.3) is 0 Å². The van der Waals surface area contributed by atoms with Crippen molar-refractivity contribution in [1.29, 1.82) is 0 Å². The molecule has 0 aliphatic rings. The van der Waals surface area contributed by atoms with Gasteiger partial charge in [-0.05, 0) is 30.1 Å². The molecular weight excluding hydrogens is 278 g/mol. The lowest BCUT2D eigenvalue weighted by atomic mass is 10.1. The van der Waals surface area contributed by atoms with Crippen LogP contribution in [0.4, 0.5) is 5.69 Å². The van der Waals surface area contributed by atoms with Crippen LogP contribution in [-0.4, -0.2) is 28.6 Å². The number of esters is 1. The molecule has 0 aliphatic heterocycles. The fourth-order valence-electron chi connectivity index (χ4n) is 1.67. The normalized spacial score (nSPS) is 10.1. The van der Waals surface area contributed by atoms with Crippen LogP contribution in [0.2, 0.25) is 0 Å². The molecule has 20 heavy (non-hydrogen) atoms. The summed E-state index contributed by atoms with van der Waals surface area (Å²) in [6.07, 6.45) is 0.623. The summed E-state index contributed by atoms with van der Waals surface area (Å²) in [4.78, 5) is 24.3. The minimum Gasteiger partial charge on any atom is -0.465 e. The zero-order valence-corrected chi connectivity index (χ0v) is 11.9. The molecule has 0 spiro atoms. The number of carbonyl (C=O) groups excluding carboxylic acids is 2. The lowest BCUT2D eigenvalue weighted by Crippen LogP contribution is -2.15. The van der Waals surface area contributed by atoms with Crippen molar-refractivity contribution in [2.45, 2.75) is 13.3 Å². The van der Waals surface area contributed by atoms with Gasteiger partial charge in [0.05, 0.1) is 24.1 Å². The van der Waals surface area contributed by atoms with Crippen LogP contribution in [-0.2, 0) is 11.2 Å². The first kappa shape index (κ1) is 14.1. The summed E-state index contributed by atoms with van der Waals surface area (Å²) >= 11 is 1.03. The molecule has 2 aromatic rings. The van der Waals surface area contributed by atoms with Crippen LogP contribution >= 0.6 is 11.5 Å². The summed E-state index contributed by atoms with van der Waals surface area (Å²) in [5.41, 5.74) is 1.35. The number of methoxy groups -OCH3 is 1. The molecule has 1 heterocycles. The molecule has 1 aromatic carbocycles. The third-order valence-electron chi connectivity index (χ3n) is 2.68. The summed E-state index contributed by atoms with van der Waals surface area (Å²) in [5, 5.41) is 6.58. The number of nitrogens with one attached hydrogen (secondary N) is 1. The molecule has 7 heteroatoms. The first-order chi connectivity index (χ1) is 9.67. The summed E-state index contributed by atoms with van der Waals surface area (Å²) < 4.78 is 8.45. The maximum atomic E-state index is 12.2. The number of aryl methyl sites for hydroxylation is 1. The van der Waals surface area contributed by atoms with Gasteiger partial charge in [-0.15, -0.1) is 5.10 Å². The number of carbonyl (C=O) groups is 2. The van der Waals surface area contributed by atoms with Crippen LogP contribution in [0, 0.1) is 0 Å². The minimum atomic E-state index is -0.501. The Labute approximate surface area is 119 Å². The highest BCUT2D eigenvalue weighted by Crippen LogP contribution is 2.19. The topological polar surface area (TPSA) is 81.2 Å². The Morgan fingerprint density at radius 3 is 2.80 bits per heavy atom. The second-order valence-corrected chi connectivity index (χ2v) is 4.65. The number of rotatable bonds is 4. The van der Waals surface area contributed by atoms with E-state index in [1.807, 2.05) is 6.92 Å². The summed E-state index contributed by atoms with van der Waals surface area (Å²) in [6.45, 7) is 1.90. The lowest BCUT2D eigenvalue weighted by Gasteiger charge is -2.08. The Bertz CT molecular complexity index is 639. The van der Waals surface area contributed by atoms with Crippen LogP contribution in [0.5, 0.6) is 0 Å². The maximum Gasteiger partial charge on any atom is 0.339 e. The third kappa shape index (κ3) is 2.83. The van der Waals surface area contributed by atoms with E-state index >= 15 is 0 Å².